The second-order valence-corrected chi connectivity index (χ2v) is 6.15. The van der Waals surface area contributed by atoms with Crippen LogP contribution in [0.4, 0.5) is 18.9 Å². The van der Waals surface area contributed by atoms with Gasteiger partial charge in [-0.15, -0.1) is 0 Å². The fourth-order valence-corrected chi connectivity index (χ4v) is 2.95. The third kappa shape index (κ3) is 4.25. The van der Waals surface area contributed by atoms with Crippen molar-refractivity contribution in [3.05, 3.63) is 57.4 Å². The molecular formula is C16H16F3N5O3. The van der Waals surface area contributed by atoms with E-state index in [1.165, 1.54) is 11.0 Å². The lowest BCUT2D eigenvalue weighted by Crippen LogP contribution is -2.48. The molecule has 1 N–H and O–H groups in total. The highest BCUT2D eigenvalue weighted by molar-refractivity contribution is 5.96. The zero-order valence-electron chi connectivity index (χ0n) is 14.1. The molecule has 2 heterocycles. The van der Waals surface area contributed by atoms with Gasteiger partial charge in [0.15, 0.2) is 0 Å². The Bertz CT molecular complexity index is 844. The van der Waals surface area contributed by atoms with Crippen LogP contribution in [0.15, 0.2) is 30.5 Å². The number of piperazine rings is 1. The van der Waals surface area contributed by atoms with E-state index in [9.17, 15) is 28.1 Å². The Balaban J connectivity index is 1.60. The first-order chi connectivity index (χ1) is 12.8. The average Bonchev–Trinajstić information content (AvgIpc) is 3.11. The van der Waals surface area contributed by atoms with Gasteiger partial charge >= 0.3 is 11.9 Å². The summed E-state index contributed by atoms with van der Waals surface area (Å²) in [5.74, 6) is -0.516. The standard InChI is InChI=1S/C16H16F3N5O3/c17-16(18,19)12-3-1-2-11(8-12)10-22-4-6-23(7-5-22)15(25)14-13(24(26)27)9-20-21-14/h1-3,8-9H,4-7,10H2,(H,20,21). The molecule has 0 aliphatic carbocycles. The van der Waals surface area contributed by atoms with Gasteiger partial charge in [0.1, 0.15) is 6.20 Å². The molecule has 0 atom stereocenters. The maximum absolute atomic E-state index is 12.8. The fourth-order valence-electron chi connectivity index (χ4n) is 2.95. The molecule has 3 rings (SSSR count). The van der Waals surface area contributed by atoms with Gasteiger partial charge in [0, 0.05) is 32.7 Å². The molecule has 144 valence electrons. The number of carbonyl (C=O) groups is 1. The molecule has 1 fully saturated rings. The number of hydrogen-bond acceptors (Lipinski definition) is 5. The Morgan fingerprint density at radius 3 is 2.59 bits per heavy atom. The zero-order chi connectivity index (χ0) is 19.6. The number of alkyl halides is 3. The summed E-state index contributed by atoms with van der Waals surface area (Å²) in [4.78, 5) is 26.0. The van der Waals surface area contributed by atoms with Crippen molar-refractivity contribution in [3.63, 3.8) is 0 Å². The van der Waals surface area contributed by atoms with Crippen LogP contribution in [0.25, 0.3) is 0 Å². The number of amides is 1. The van der Waals surface area contributed by atoms with Gasteiger partial charge in [-0.1, -0.05) is 18.2 Å². The summed E-state index contributed by atoms with van der Waals surface area (Å²) in [7, 11) is 0. The molecule has 2 aromatic rings. The normalized spacial score (nSPS) is 15.7. The minimum absolute atomic E-state index is 0.175. The monoisotopic (exact) mass is 383 g/mol. The van der Waals surface area contributed by atoms with Crippen LogP contribution in [0.1, 0.15) is 21.6 Å². The second kappa shape index (κ2) is 7.35. The van der Waals surface area contributed by atoms with E-state index in [0.29, 0.717) is 38.3 Å². The largest absolute Gasteiger partial charge is 0.416 e. The number of halogens is 3. The Morgan fingerprint density at radius 2 is 1.96 bits per heavy atom. The summed E-state index contributed by atoms with van der Waals surface area (Å²) in [5.41, 5.74) is -0.716. The van der Waals surface area contributed by atoms with Crippen LogP contribution in [-0.4, -0.2) is 57.0 Å². The molecule has 11 heteroatoms. The zero-order valence-corrected chi connectivity index (χ0v) is 14.1. The Hall–Kier alpha value is -2.95. The molecule has 1 aliphatic heterocycles. The van der Waals surface area contributed by atoms with Crippen molar-refractivity contribution in [1.82, 2.24) is 20.0 Å². The van der Waals surface area contributed by atoms with Crippen LogP contribution in [0.3, 0.4) is 0 Å². The molecular weight excluding hydrogens is 367 g/mol. The Kier molecular flexibility index (Phi) is 5.13. The van der Waals surface area contributed by atoms with Crippen molar-refractivity contribution in [3.8, 4) is 0 Å². The predicted octanol–water partition coefficient (Wildman–Crippen LogP) is 2.29. The lowest BCUT2D eigenvalue weighted by Gasteiger charge is -2.34. The van der Waals surface area contributed by atoms with Gasteiger partial charge in [0.05, 0.1) is 10.5 Å². The van der Waals surface area contributed by atoms with Crippen molar-refractivity contribution < 1.29 is 22.9 Å². The van der Waals surface area contributed by atoms with Crippen molar-refractivity contribution >= 4 is 11.6 Å². The topological polar surface area (TPSA) is 95.4 Å². The van der Waals surface area contributed by atoms with E-state index in [2.05, 4.69) is 10.2 Å². The van der Waals surface area contributed by atoms with E-state index < -0.39 is 22.6 Å². The highest BCUT2D eigenvalue weighted by Gasteiger charge is 2.31. The average molecular weight is 383 g/mol. The third-order valence-corrected chi connectivity index (χ3v) is 4.35. The number of carbonyl (C=O) groups excluding carboxylic acids is 1. The summed E-state index contributed by atoms with van der Waals surface area (Å²) in [6.45, 7) is 1.85. The first kappa shape index (κ1) is 18.8. The van der Waals surface area contributed by atoms with Crippen molar-refractivity contribution in [1.29, 1.82) is 0 Å². The highest BCUT2D eigenvalue weighted by atomic mass is 19.4. The van der Waals surface area contributed by atoms with E-state index in [1.54, 1.807) is 6.07 Å². The number of nitro groups is 1. The molecule has 0 radical (unpaired) electrons. The number of hydrogen-bond donors (Lipinski definition) is 1. The SMILES string of the molecule is O=C(c1[nH]ncc1[N+](=O)[O-])N1CCN(Cc2cccc(C(F)(F)F)c2)CC1. The molecule has 0 spiro atoms. The summed E-state index contributed by atoms with van der Waals surface area (Å²) in [6, 6.07) is 5.14. The van der Waals surface area contributed by atoms with Gasteiger partial charge in [-0.2, -0.15) is 18.3 Å². The van der Waals surface area contributed by atoms with Crippen LogP contribution in [0.2, 0.25) is 0 Å². The summed E-state index contributed by atoms with van der Waals surface area (Å²) in [6.07, 6.45) is -3.41. The van der Waals surface area contributed by atoms with Crippen LogP contribution in [0.5, 0.6) is 0 Å². The number of H-pyrrole nitrogens is 1. The summed E-state index contributed by atoms with van der Waals surface area (Å²) in [5, 5.41) is 16.8. The van der Waals surface area contributed by atoms with E-state index in [4.69, 9.17) is 0 Å². The van der Waals surface area contributed by atoms with Crippen LogP contribution >= 0.6 is 0 Å². The maximum Gasteiger partial charge on any atom is 0.416 e. The quantitative estimate of drug-likeness (QED) is 0.646. The third-order valence-electron chi connectivity index (χ3n) is 4.35. The van der Waals surface area contributed by atoms with Crippen molar-refractivity contribution in [2.24, 2.45) is 0 Å². The number of aromatic amines is 1. The first-order valence-corrected chi connectivity index (χ1v) is 8.11. The number of nitrogens with zero attached hydrogens (tertiary/aromatic N) is 4. The van der Waals surface area contributed by atoms with Crippen molar-refractivity contribution in [2.45, 2.75) is 12.7 Å². The lowest BCUT2D eigenvalue weighted by molar-refractivity contribution is -0.385. The molecule has 1 aliphatic rings. The number of aromatic nitrogens is 2. The molecule has 0 saturated carbocycles. The van der Waals surface area contributed by atoms with Gasteiger partial charge in [-0.25, -0.2) is 0 Å². The molecule has 1 saturated heterocycles. The van der Waals surface area contributed by atoms with Crippen LogP contribution < -0.4 is 0 Å². The smallest absolute Gasteiger partial charge is 0.335 e. The molecule has 1 amide bonds. The van der Waals surface area contributed by atoms with E-state index in [1.807, 2.05) is 4.90 Å². The molecule has 1 aromatic heterocycles. The van der Waals surface area contributed by atoms with E-state index in [-0.39, 0.29) is 11.4 Å². The summed E-state index contributed by atoms with van der Waals surface area (Å²) >= 11 is 0. The summed E-state index contributed by atoms with van der Waals surface area (Å²) < 4.78 is 38.4. The minimum Gasteiger partial charge on any atom is -0.335 e. The predicted molar refractivity (Wildman–Crippen MR) is 87.9 cm³/mol. The maximum atomic E-state index is 12.8. The van der Waals surface area contributed by atoms with Gasteiger partial charge in [0.2, 0.25) is 5.69 Å². The van der Waals surface area contributed by atoms with Crippen LogP contribution in [0, 0.1) is 10.1 Å². The van der Waals surface area contributed by atoms with E-state index >= 15 is 0 Å². The second-order valence-electron chi connectivity index (χ2n) is 6.15. The molecule has 8 nitrogen and oxygen atoms in total. The van der Waals surface area contributed by atoms with Crippen LogP contribution in [-0.2, 0) is 12.7 Å². The Labute approximate surface area is 151 Å². The molecule has 0 unspecified atom stereocenters. The van der Waals surface area contributed by atoms with E-state index in [0.717, 1.165) is 18.3 Å². The van der Waals surface area contributed by atoms with Gasteiger partial charge in [-0.05, 0) is 11.6 Å². The number of benzene rings is 1. The van der Waals surface area contributed by atoms with Crippen molar-refractivity contribution in [2.75, 3.05) is 26.2 Å². The number of nitrogens with one attached hydrogen (secondary N) is 1. The molecule has 0 bridgehead atoms. The molecule has 27 heavy (non-hydrogen) atoms. The molecule has 1 aromatic carbocycles. The minimum atomic E-state index is -4.39. The first-order valence-electron chi connectivity index (χ1n) is 8.11. The fraction of sp³-hybridized carbons (Fsp3) is 0.375. The number of rotatable bonds is 4. The lowest BCUT2D eigenvalue weighted by atomic mass is 10.1. The van der Waals surface area contributed by atoms with Gasteiger partial charge < -0.3 is 4.90 Å². The van der Waals surface area contributed by atoms with Gasteiger partial charge in [-0.3, -0.25) is 24.9 Å². The Morgan fingerprint density at radius 1 is 1.26 bits per heavy atom. The van der Waals surface area contributed by atoms with Gasteiger partial charge in [0.25, 0.3) is 5.91 Å². The highest BCUT2D eigenvalue weighted by Crippen LogP contribution is 2.29.